The normalized spacial score (nSPS) is 13.8. The molecule has 0 atom stereocenters. The number of hydrogen-bond donors (Lipinski definition) is 1. The fourth-order valence-electron chi connectivity index (χ4n) is 3.75. The molecule has 3 heterocycles. The third-order valence-electron chi connectivity index (χ3n) is 5.39. The predicted octanol–water partition coefficient (Wildman–Crippen LogP) is 2.87. The highest BCUT2D eigenvalue weighted by Gasteiger charge is 2.18. The highest BCUT2D eigenvalue weighted by Crippen LogP contribution is 2.19. The summed E-state index contributed by atoms with van der Waals surface area (Å²) < 4.78 is 6.64. The first-order chi connectivity index (χ1) is 15.7. The topological polar surface area (TPSA) is 89.3 Å². The van der Waals surface area contributed by atoms with Crippen molar-refractivity contribution in [3.05, 3.63) is 89.0 Å². The molecule has 1 aliphatic rings. The van der Waals surface area contributed by atoms with Crippen molar-refractivity contribution in [3.63, 3.8) is 0 Å². The first-order valence-corrected chi connectivity index (χ1v) is 10.4. The smallest absolute Gasteiger partial charge is 0.279 e. The van der Waals surface area contributed by atoms with Crippen LogP contribution in [0, 0.1) is 0 Å². The molecule has 0 aliphatic carbocycles. The van der Waals surface area contributed by atoms with E-state index in [4.69, 9.17) is 4.74 Å². The lowest BCUT2D eigenvalue weighted by molar-refractivity contribution is 0.102. The molecule has 32 heavy (non-hydrogen) atoms. The lowest BCUT2D eigenvalue weighted by atomic mass is 10.1. The number of nitrogens with zero attached hydrogens (tertiary/aromatic N) is 4. The van der Waals surface area contributed by atoms with Gasteiger partial charge in [0.05, 0.1) is 36.2 Å². The van der Waals surface area contributed by atoms with E-state index in [0.29, 0.717) is 35.5 Å². The Labute approximate surface area is 184 Å². The molecule has 1 aliphatic heterocycles. The number of rotatable bonds is 4. The largest absolute Gasteiger partial charge is 0.378 e. The quantitative estimate of drug-likeness (QED) is 0.539. The zero-order chi connectivity index (χ0) is 21.9. The Morgan fingerprint density at radius 3 is 2.31 bits per heavy atom. The van der Waals surface area contributed by atoms with E-state index in [1.165, 1.54) is 4.68 Å². The van der Waals surface area contributed by atoms with E-state index in [0.717, 1.165) is 18.8 Å². The fraction of sp³-hybridized carbons (Fsp3) is 0.167. The van der Waals surface area contributed by atoms with Crippen molar-refractivity contribution in [2.45, 2.75) is 0 Å². The molecule has 1 N–H and O–H groups in total. The molecule has 0 bridgehead atoms. The summed E-state index contributed by atoms with van der Waals surface area (Å²) in [4.78, 5) is 32.7. The van der Waals surface area contributed by atoms with Crippen LogP contribution >= 0.6 is 0 Å². The molecule has 0 saturated carbocycles. The Morgan fingerprint density at radius 1 is 0.875 bits per heavy atom. The minimum absolute atomic E-state index is 0.156. The summed E-state index contributed by atoms with van der Waals surface area (Å²) in [6.07, 6.45) is 1.73. The van der Waals surface area contributed by atoms with E-state index < -0.39 is 5.91 Å². The summed E-state index contributed by atoms with van der Waals surface area (Å²) in [5, 5.41) is 8.12. The van der Waals surface area contributed by atoms with E-state index in [1.54, 1.807) is 48.7 Å². The fourth-order valence-corrected chi connectivity index (χ4v) is 3.75. The maximum Gasteiger partial charge on any atom is 0.279 e. The average Bonchev–Trinajstić information content (AvgIpc) is 2.86. The molecule has 160 valence electrons. The summed E-state index contributed by atoms with van der Waals surface area (Å²) in [7, 11) is 0. The number of anilines is 2. The molecule has 0 radical (unpaired) electrons. The van der Waals surface area contributed by atoms with Gasteiger partial charge >= 0.3 is 0 Å². The number of carbonyl (C=O) groups is 1. The molecule has 0 spiro atoms. The molecule has 8 heteroatoms. The standard InChI is InChI=1S/C24H21N5O3/c30-23(26-21-11-10-18(16-25-21)28-12-14-32-15-13-28)22-19-8-4-5-9-20(19)24(31)29(27-22)17-6-2-1-3-7-17/h1-11,16H,12-15H2,(H,25,26,30). The monoisotopic (exact) mass is 427 g/mol. The number of para-hydroxylation sites is 1. The van der Waals surface area contributed by atoms with Crippen LogP contribution in [-0.4, -0.2) is 47.0 Å². The van der Waals surface area contributed by atoms with Gasteiger partial charge in [0.1, 0.15) is 5.82 Å². The average molecular weight is 427 g/mol. The zero-order valence-corrected chi connectivity index (χ0v) is 17.3. The number of amides is 1. The van der Waals surface area contributed by atoms with Gasteiger partial charge in [0.15, 0.2) is 5.69 Å². The number of benzene rings is 2. The van der Waals surface area contributed by atoms with Crippen LogP contribution in [0.3, 0.4) is 0 Å². The number of nitrogens with one attached hydrogen (secondary N) is 1. The number of pyridine rings is 1. The predicted molar refractivity (Wildman–Crippen MR) is 123 cm³/mol. The molecule has 0 unspecified atom stereocenters. The van der Waals surface area contributed by atoms with E-state index in [9.17, 15) is 9.59 Å². The molecule has 2 aromatic carbocycles. The van der Waals surface area contributed by atoms with Crippen molar-refractivity contribution in [3.8, 4) is 5.69 Å². The zero-order valence-electron chi connectivity index (χ0n) is 17.3. The van der Waals surface area contributed by atoms with Crippen LogP contribution in [0.5, 0.6) is 0 Å². The van der Waals surface area contributed by atoms with Crippen LogP contribution in [0.1, 0.15) is 10.5 Å². The van der Waals surface area contributed by atoms with Crippen LogP contribution in [0.2, 0.25) is 0 Å². The summed E-state index contributed by atoms with van der Waals surface area (Å²) in [6.45, 7) is 3.00. The van der Waals surface area contributed by atoms with Crippen molar-refractivity contribution in [1.29, 1.82) is 0 Å². The molecular formula is C24H21N5O3. The first-order valence-electron chi connectivity index (χ1n) is 10.4. The second-order valence-electron chi connectivity index (χ2n) is 7.40. The third-order valence-corrected chi connectivity index (χ3v) is 5.39. The van der Waals surface area contributed by atoms with Gasteiger partial charge in [-0.3, -0.25) is 9.59 Å². The second-order valence-corrected chi connectivity index (χ2v) is 7.40. The molecular weight excluding hydrogens is 406 g/mol. The van der Waals surface area contributed by atoms with Crippen LogP contribution < -0.4 is 15.8 Å². The number of ether oxygens (including phenoxy) is 1. The van der Waals surface area contributed by atoms with Crippen LogP contribution in [-0.2, 0) is 4.74 Å². The highest BCUT2D eigenvalue weighted by atomic mass is 16.5. The molecule has 5 rings (SSSR count). The Morgan fingerprint density at radius 2 is 1.59 bits per heavy atom. The maximum atomic E-state index is 13.2. The van der Waals surface area contributed by atoms with Crippen LogP contribution in [0.4, 0.5) is 11.5 Å². The van der Waals surface area contributed by atoms with Gasteiger partial charge in [0.25, 0.3) is 11.5 Å². The molecule has 1 fully saturated rings. The Hall–Kier alpha value is -4.04. The van der Waals surface area contributed by atoms with E-state index in [-0.39, 0.29) is 11.3 Å². The number of carbonyl (C=O) groups excluding carboxylic acids is 1. The van der Waals surface area contributed by atoms with E-state index >= 15 is 0 Å². The van der Waals surface area contributed by atoms with Gasteiger partial charge in [-0.15, -0.1) is 0 Å². The number of aromatic nitrogens is 3. The first kappa shape index (κ1) is 19.9. The van der Waals surface area contributed by atoms with E-state index in [1.807, 2.05) is 24.3 Å². The van der Waals surface area contributed by atoms with Crippen molar-refractivity contribution in [1.82, 2.24) is 14.8 Å². The summed E-state index contributed by atoms with van der Waals surface area (Å²) in [5.41, 5.74) is 1.44. The van der Waals surface area contributed by atoms with Gasteiger partial charge in [-0.25, -0.2) is 4.98 Å². The number of morpholine rings is 1. The second kappa shape index (κ2) is 8.60. The minimum atomic E-state index is -0.433. The summed E-state index contributed by atoms with van der Waals surface area (Å²) in [6, 6.07) is 19.7. The maximum absolute atomic E-state index is 13.2. The minimum Gasteiger partial charge on any atom is -0.378 e. The molecule has 4 aromatic rings. The molecule has 1 saturated heterocycles. The van der Waals surface area contributed by atoms with Crippen molar-refractivity contribution >= 4 is 28.2 Å². The van der Waals surface area contributed by atoms with Crippen LogP contribution in [0.25, 0.3) is 16.5 Å². The highest BCUT2D eigenvalue weighted by molar-refractivity contribution is 6.10. The van der Waals surface area contributed by atoms with Gasteiger partial charge in [-0.05, 0) is 30.3 Å². The van der Waals surface area contributed by atoms with Crippen LogP contribution in [0.15, 0.2) is 77.7 Å². The lowest BCUT2D eigenvalue weighted by Gasteiger charge is -2.28. The van der Waals surface area contributed by atoms with Crippen molar-refractivity contribution in [2.75, 3.05) is 36.5 Å². The van der Waals surface area contributed by atoms with Gasteiger partial charge in [-0.1, -0.05) is 36.4 Å². The van der Waals surface area contributed by atoms with Gasteiger partial charge in [0, 0.05) is 18.5 Å². The Kier molecular flexibility index (Phi) is 5.35. The molecule has 1 amide bonds. The summed E-state index contributed by atoms with van der Waals surface area (Å²) in [5.74, 6) is -0.0205. The van der Waals surface area contributed by atoms with Crippen molar-refractivity contribution < 1.29 is 9.53 Å². The summed E-state index contributed by atoms with van der Waals surface area (Å²) >= 11 is 0. The Balaban J connectivity index is 1.48. The van der Waals surface area contributed by atoms with Gasteiger partial charge in [0.2, 0.25) is 0 Å². The number of hydrogen-bond acceptors (Lipinski definition) is 6. The van der Waals surface area contributed by atoms with Crippen molar-refractivity contribution in [2.24, 2.45) is 0 Å². The number of fused-ring (bicyclic) bond motifs is 1. The van der Waals surface area contributed by atoms with Gasteiger partial charge < -0.3 is 15.0 Å². The lowest BCUT2D eigenvalue weighted by Crippen LogP contribution is -2.36. The van der Waals surface area contributed by atoms with Gasteiger partial charge in [-0.2, -0.15) is 9.78 Å². The molecule has 2 aromatic heterocycles. The van der Waals surface area contributed by atoms with E-state index in [2.05, 4.69) is 20.3 Å². The molecule has 8 nitrogen and oxygen atoms in total. The Bertz CT molecular complexity index is 1310. The SMILES string of the molecule is O=C(Nc1ccc(N2CCOCC2)cn1)c1nn(-c2ccccc2)c(=O)c2ccccc12. The third kappa shape index (κ3) is 3.83.